The normalized spacial score (nSPS) is 23.2. The third kappa shape index (κ3) is 2.41. The maximum Gasteiger partial charge on any atom is 0.377 e. The second kappa shape index (κ2) is 4.68. The Kier molecular flexibility index (Phi) is 3.80. The maximum absolute atomic E-state index is 13.4. The Morgan fingerprint density at radius 3 is 2.86 bits per heavy atom. The molecule has 14 heavy (non-hydrogen) atoms. The molecule has 1 fully saturated rings. The third-order valence-electron chi connectivity index (χ3n) is 2.36. The largest absolute Gasteiger partial charge is 0.462 e. The fraction of sp³-hybridized carbons (Fsp3) is 0.889. The number of carbonyl (C=O) groups excluding carboxylic acids is 1. The van der Waals surface area contributed by atoms with E-state index in [9.17, 15) is 13.6 Å². The first kappa shape index (κ1) is 11.4. The number of ether oxygens (including phenoxy) is 1. The van der Waals surface area contributed by atoms with E-state index in [4.69, 9.17) is 0 Å². The van der Waals surface area contributed by atoms with E-state index in [1.165, 1.54) is 6.92 Å². The fourth-order valence-corrected chi connectivity index (χ4v) is 1.56. The fourth-order valence-electron chi connectivity index (χ4n) is 1.56. The van der Waals surface area contributed by atoms with Crippen LogP contribution in [0.4, 0.5) is 8.78 Å². The molecule has 1 N–H and O–H groups in total. The Bertz CT molecular complexity index is 203. The summed E-state index contributed by atoms with van der Waals surface area (Å²) in [5, 5.41) is 2.85. The summed E-state index contributed by atoms with van der Waals surface area (Å²) >= 11 is 0. The quantitative estimate of drug-likeness (QED) is 0.706. The van der Waals surface area contributed by atoms with Gasteiger partial charge in [-0.2, -0.15) is 8.78 Å². The number of hydrogen-bond donors (Lipinski definition) is 1. The summed E-state index contributed by atoms with van der Waals surface area (Å²) in [5.74, 6) is -5.66. The van der Waals surface area contributed by atoms with Gasteiger partial charge in [0.1, 0.15) is 0 Å². The average molecular weight is 207 g/mol. The van der Waals surface area contributed by atoms with E-state index in [0.717, 1.165) is 6.54 Å². The molecule has 3 nitrogen and oxygen atoms in total. The van der Waals surface area contributed by atoms with Crippen LogP contribution >= 0.6 is 0 Å². The SMILES string of the molecule is CCOC(=O)C(F)(F)[C@@H]1CCCNC1. The van der Waals surface area contributed by atoms with Crippen LogP contribution in [-0.4, -0.2) is 31.6 Å². The van der Waals surface area contributed by atoms with Crippen molar-refractivity contribution in [2.24, 2.45) is 5.92 Å². The number of carbonyl (C=O) groups is 1. The lowest BCUT2D eigenvalue weighted by Gasteiger charge is -2.28. The Morgan fingerprint density at radius 1 is 1.64 bits per heavy atom. The molecule has 1 heterocycles. The van der Waals surface area contributed by atoms with Gasteiger partial charge in [-0.3, -0.25) is 0 Å². The molecular weight excluding hydrogens is 192 g/mol. The van der Waals surface area contributed by atoms with E-state index in [2.05, 4.69) is 10.1 Å². The smallest absolute Gasteiger partial charge is 0.377 e. The summed E-state index contributed by atoms with van der Waals surface area (Å²) in [7, 11) is 0. The number of esters is 1. The van der Waals surface area contributed by atoms with Gasteiger partial charge in [0.25, 0.3) is 0 Å². The van der Waals surface area contributed by atoms with Gasteiger partial charge in [0.2, 0.25) is 0 Å². The molecule has 5 heteroatoms. The minimum Gasteiger partial charge on any atom is -0.462 e. The molecule has 0 unspecified atom stereocenters. The Labute approximate surface area is 81.8 Å². The van der Waals surface area contributed by atoms with Crippen LogP contribution in [0.25, 0.3) is 0 Å². The first-order valence-electron chi connectivity index (χ1n) is 4.84. The van der Waals surface area contributed by atoms with E-state index < -0.39 is 17.8 Å². The van der Waals surface area contributed by atoms with Crippen LogP contribution in [0.3, 0.4) is 0 Å². The zero-order valence-electron chi connectivity index (χ0n) is 8.19. The van der Waals surface area contributed by atoms with Gasteiger partial charge in [-0.1, -0.05) is 0 Å². The van der Waals surface area contributed by atoms with E-state index in [-0.39, 0.29) is 13.2 Å². The summed E-state index contributed by atoms with van der Waals surface area (Å²) in [6.45, 7) is 2.45. The number of hydrogen-bond acceptors (Lipinski definition) is 3. The van der Waals surface area contributed by atoms with Crippen LogP contribution in [0.15, 0.2) is 0 Å². The van der Waals surface area contributed by atoms with Crippen LogP contribution in [0, 0.1) is 5.92 Å². The van der Waals surface area contributed by atoms with Gasteiger partial charge in [-0.25, -0.2) is 4.79 Å². The first-order valence-corrected chi connectivity index (χ1v) is 4.84. The highest BCUT2D eigenvalue weighted by atomic mass is 19.3. The predicted molar refractivity (Wildman–Crippen MR) is 47.2 cm³/mol. The van der Waals surface area contributed by atoms with Crippen molar-refractivity contribution in [1.82, 2.24) is 5.32 Å². The van der Waals surface area contributed by atoms with Gasteiger partial charge >= 0.3 is 11.9 Å². The highest BCUT2D eigenvalue weighted by Gasteiger charge is 2.48. The molecule has 1 aliphatic rings. The lowest BCUT2D eigenvalue weighted by atomic mass is 9.93. The zero-order valence-corrected chi connectivity index (χ0v) is 8.19. The maximum atomic E-state index is 13.4. The van der Waals surface area contributed by atoms with E-state index >= 15 is 0 Å². The molecule has 82 valence electrons. The molecule has 0 aromatic carbocycles. The van der Waals surface area contributed by atoms with Crippen molar-refractivity contribution < 1.29 is 18.3 Å². The molecule has 0 spiro atoms. The Hall–Kier alpha value is -0.710. The molecule has 0 bridgehead atoms. The predicted octanol–water partition coefficient (Wildman–Crippen LogP) is 1.18. The van der Waals surface area contributed by atoms with Gasteiger partial charge in [-0.15, -0.1) is 0 Å². The molecule has 0 amide bonds. The molecule has 0 saturated carbocycles. The lowest BCUT2D eigenvalue weighted by molar-refractivity contribution is -0.180. The van der Waals surface area contributed by atoms with Gasteiger partial charge in [0.05, 0.1) is 6.61 Å². The van der Waals surface area contributed by atoms with Gasteiger partial charge in [-0.05, 0) is 26.3 Å². The molecule has 0 aliphatic carbocycles. The van der Waals surface area contributed by atoms with Crippen molar-refractivity contribution in [3.8, 4) is 0 Å². The van der Waals surface area contributed by atoms with Crippen molar-refractivity contribution in [2.45, 2.75) is 25.7 Å². The lowest BCUT2D eigenvalue weighted by Crippen LogP contribution is -2.46. The molecule has 1 rings (SSSR count). The highest BCUT2D eigenvalue weighted by molar-refractivity contribution is 5.78. The summed E-state index contributed by atoms with van der Waals surface area (Å²) < 4.78 is 31.1. The zero-order chi connectivity index (χ0) is 10.6. The number of rotatable bonds is 3. The van der Waals surface area contributed by atoms with Crippen LogP contribution in [-0.2, 0) is 9.53 Å². The molecule has 1 saturated heterocycles. The summed E-state index contributed by atoms with van der Waals surface area (Å²) in [4.78, 5) is 11.0. The molecule has 0 radical (unpaired) electrons. The van der Waals surface area contributed by atoms with Gasteiger partial charge in [0, 0.05) is 12.5 Å². The van der Waals surface area contributed by atoms with Crippen molar-refractivity contribution in [3.05, 3.63) is 0 Å². The average Bonchev–Trinajstić information content (AvgIpc) is 2.19. The van der Waals surface area contributed by atoms with Crippen molar-refractivity contribution in [2.75, 3.05) is 19.7 Å². The second-order valence-electron chi connectivity index (χ2n) is 3.39. The van der Waals surface area contributed by atoms with Crippen LogP contribution < -0.4 is 5.32 Å². The molecule has 1 aliphatic heterocycles. The standard InChI is InChI=1S/C9H15F2NO2/c1-2-14-8(13)9(10,11)7-4-3-5-12-6-7/h7,12H,2-6H2,1H3/t7-/m1/s1. The van der Waals surface area contributed by atoms with Crippen molar-refractivity contribution >= 4 is 5.97 Å². The van der Waals surface area contributed by atoms with Crippen LogP contribution in [0.1, 0.15) is 19.8 Å². The summed E-state index contributed by atoms with van der Waals surface area (Å²) in [6, 6.07) is 0. The first-order chi connectivity index (χ1) is 6.59. The molecule has 1 atom stereocenters. The topological polar surface area (TPSA) is 38.3 Å². The van der Waals surface area contributed by atoms with Gasteiger partial charge in [0.15, 0.2) is 0 Å². The number of halogens is 2. The molecule has 0 aromatic heterocycles. The Morgan fingerprint density at radius 2 is 2.36 bits per heavy atom. The van der Waals surface area contributed by atoms with Crippen LogP contribution in [0.5, 0.6) is 0 Å². The van der Waals surface area contributed by atoms with Gasteiger partial charge < -0.3 is 10.1 Å². The second-order valence-corrected chi connectivity index (χ2v) is 3.39. The number of alkyl halides is 2. The van der Waals surface area contributed by atoms with Crippen LogP contribution in [0.2, 0.25) is 0 Å². The third-order valence-corrected chi connectivity index (χ3v) is 2.36. The van der Waals surface area contributed by atoms with Crippen molar-refractivity contribution in [3.63, 3.8) is 0 Å². The number of piperidine rings is 1. The molecular formula is C9H15F2NO2. The van der Waals surface area contributed by atoms with E-state index in [0.29, 0.717) is 12.8 Å². The van der Waals surface area contributed by atoms with Crippen molar-refractivity contribution in [1.29, 1.82) is 0 Å². The van der Waals surface area contributed by atoms with E-state index in [1.54, 1.807) is 0 Å². The monoisotopic (exact) mass is 207 g/mol. The highest BCUT2D eigenvalue weighted by Crippen LogP contribution is 2.30. The molecule has 0 aromatic rings. The number of nitrogens with one attached hydrogen (secondary N) is 1. The van der Waals surface area contributed by atoms with E-state index in [1.807, 2.05) is 0 Å². The Balaban J connectivity index is 2.57. The minimum absolute atomic E-state index is 0.00539. The summed E-state index contributed by atoms with van der Waals surface area (Å²) in [5.41, 5.74) is 0. The minimum atomic E-state index is -3.34. The summed E-state index contributed by atoms with van der Waals surface area (Å²) in [6.07, 6.45) is 1.05.